The molecule has 3 rings (SSSR count). The Labute approximate surface area is 155 Å². The van der Waals surface area contributed by atoms with Crippen LogP contribution in [-0.2, 0) is 17.8 Å². The molecule has 0 radical (unpaired) electrons. The Balaban J connectivity index is 1.38. The molecule has 1 fully saturated rings. The molecule has 0 atom stereocenters. The molecule has 7 heteroatoms. The fraction of sp³-hybridized carbons (Fsp3) is 0.474. The van der Waals surface area contributed by atoms with Crippen molar-refractivity contribution >= 4 is 11.6 Å². The minimum absolute atomic E-state index is 0.752. The third-order valence-electron chi connectivity index (χ3n) is 4.41. The van der Waals surface area contributed by atoms with Gasteiger partial charge in [0.15, 0.2) is 5.96 Å². The van der Waals surface area contributed by atoms with Gasteiger partial charge in [0.05, 0.1) is 13.2 Å². The minimum atomic E-state index is 0.752. The van der Waals surface area contributed by atoms with Crippen LogP contribution in [0.1, 0.15) is 12.0 Å². The Morgan fingerprint density at radius 2 is 2.00 bits per heavy atom. The molecule has 26 heavy (non-hydrogen) atoms. The maximum absolute atomic E-state index is 5.41. The van der Waals surface area contributed by atoms with Gasteiger partial charge >= 0.3 is 0 Å². The summed E-state index contributed by atoms with van der Waals surface area (Å²) in [5, 5.41) is 10.9. The maximum atomic E-state index is 5.41. The number of nitrogens with zero attached hydrogens (tertiary/aromatic N) is 4. The maximum Gasteiger partial charge on any atom is 0.191 e. The largest absolute Gasteiger partial charge is 0.378 e. The lowest BCUT2D eigenvalue weighted by Crippen LogP contribution is -2.37. The zero-order chi connectivity index (χ0) is 18.0. The summed E-state index contributed by atoms with van der Waals surface area (Å²) in [6.45, 7) is 6.06. The second kappa shape index (κ2) is 9.82. The van der Waals surface area contributed by atoms with E-state index in [2.05, 4.69) is 49.9 Å². The Bertz CT molecular complexity index is 662. The SMILES string of the molecule is CN=C(NCCCn1cccn1)NCc1ccc(N2CCOCC2)cc1. The number of aromatic nitrogens is 2. The first-order valence-corrected chi connectivity index (χ1v) is 9.19. The second-order valence-electron chi connectivity index (χ2n) is 6.24. The van der Waals surface area contributed by atoms with Gasteiger partial charge in [0.1, 0.15) is 0 Å². The average molecular weight is 356 g/mol. The zero-order valence-corrected chi connectivity index (χ0v) is 15.4. The van der Waals surface area contributed by atoms with Crippen LogP contribution in [0.5, 0.6) is 0 Å². The van der Waals surface area contributed by atoms with Crippen LogP contribution in [0.25, 0.3) is 0 Å². The van der Waals surface area contributed by atoms with E-state index < -0.39 is 0 Å². The Morgan fingerprint density at radius 1 is 1.19 bits per heavy atom. The summed E-state index contributed by atoms with van der Waals surface area (Å²) in [6.07, 6.45) is 4.78. The van der Waals surface area contributed by atoms with E-state index in [1.165, 1.54) is 11.3 Å². The van der Waals surface area contributed by atoms with Gasteiger partial charge in [-0.2, -0.15) is 5.10 Å². The minimum Gasteiger partial charge on any atom is -0.378 e. The lowest BCUT2D eigenvalue weighted by Gasteiger charge is -2.28. The number of anilines is 1. The summed E-state index contributed by atoms with van der Waals surface area (Å²) < 4.78 is 7.35. The highest BCUT2D eigenvalue weighted by molar-refractivity contribution is 5.79. The number of benzene rings is 1. The van der Waals surface area contributed by atoms with Gasteiger partial charge in [-0.05, 0) is 30.2 Å². The molecule has 0 spiro atoms. The van der Waals surface area contributed by atoms with E-state index in [4.69, 9.17) is 4.74 Å². The van der Waals surface area contributed by atoms with Gasteiger partial charge in [0.2, 0.25) is 0 Å². The highest BCUT2D eigenvalue weighted by Gasteiger charge is 2.10. The van der Waals surface area contributed by atoms with Gasteiger partial charge in [-0.1, -0.05) is 12.1 Å². The molecule has 1 aliphatic heterocycles. The summed E-state index contributed by atoms with van der Waals surface area (Å²) in [5.74, 6) is 0.822. The van der Waals surface area contributed by atoms with Crippen LogP contribution in [0, 0.1) is 0 Å². The summed E-state index contributed by atoms with van der Waals surface area (Å²) >= 11 is 0. The molecule has 0 unspecified atom stereocenters. The van der Waals surface area contributed by atoms with Crippen molar-refractivity contribution in [2.24, 2.45) is 4.99 Å². The lowest BCUT2D eigenvalue weighted by molar-refractivity contribution is 0.122. The molecule has 2 aromatic rings. The predicted molar refractivity (Wildman–Crippen MR) is 105 cm³/mol. The van der Waals surface area contributed by atoms with E-state index in [9.17, 15) is 0 Å². The van der Waals surface area contributed by atoms with Gasteiger partial charge in [0, 0.05) is 57.9 Å². The van der Waals surface area contributed by atoms with Crippen LogP contribution in [0.4, 0.5) is 5.69 Å². The number of aryl methyl sites for hydroxylation is 1. The summed E-state index contributed by atoms with van der Waals surface area (Å²) in [6, 6.07) is 10.6. The smallest absolute Gasteiger partial charge is 0.191 e. The third-order valence-corrected chi connectivity index (χ3v) is 4.41. The fourth-order valence-electron chi connectivity index (χ4n) is 2.93. The first-order chi connectivity index (χ1) is 12.8. The van der Waals surface area contributed by atoms with Crippen molar-refractivity contribution in [3.05, 3.63) is 48.3 Å². The number of morpholine rings is 1. The molecule has 7 nitrogen and oxygen atoms in total. The van der Waals surface area contributed by atoms with Crippen LogP contribution in [-0.4, -0.2) is 55.6 Å². The number of aliphatic imine (C=N–C) groups is 1. The van der Waals surface area contributed by atoms with Gasteiger partial charge < -0.3 is 20.3 Å². The first-order valence-electron chi connectivity index (χ1n) is 9.19. The van der Waals surface area contributed by atoms with Crippen LogP contribution in [0.3, 0.4) is 0 Å². The van der Waals surface area contributed by atoms with Crippen molar-refractivity contribution in [1.82, 2.24) is 20.4 Å². The highest BCUT2D eigenvalue weighted by Crippen LogP contribution is 2.16. The van der Waals surface area contributed by atoms with Crippen molar-refractivity contribution in [3.63, 3.8) is 0 Å². The molecule has 1 saturated heterocycles. The van der Waals surface area contributed by atoms with Crippen LogP contribution >= 0.6 is 0 Å². The second-order valence-corrected chi connectivity index (χ2v) is 6.24. The van der Waals surface area contributed by atoms with Crippen molar-refractivity contribution < 1.29 is 4.74 Å². The molecule has 0 amide bonds. The van der Waals surface area contributed by atoms with Gasteiger partial charge in [-0.3, -0.25) is 9.67 Å². The number of rotatable bonds is 7. The van der Waals surface area contributed by atoms with Gasteiger partial charge in [-0.15, -0.1) is 0 Å². The molecular weight excluding hydrogens is 328 g/mol. The third kappa shape index (κ3) is 5.49. The molecule has 0 bridgehead atoms. The van der Waals surface area contributed by atoms with Crippen LogP contribution in [0.15, 0.2) is 47.7 Å². The predicted octanol–water partition coefficient (Wildman–Crippen LogP) is 1.47. The number of guanidine groups is 1. The average Bonchev–Trinajstić information content (AvgIpc) is 3.22. The summed E-state index contributed by atoms with van der Waals surface area (Å²) in [5.41, 5.74) is 2.50. The van der Waals surface area contributed by atoms with E-state index in [0.29, 0.717) is 0 Å². The van der Waals surface area contributed by atoms with E-state index >= 15 is 0 Å². The molecular formula is C19H28N6O. The standard InChI is InChI=1S/C19H28N6O/c1-20-19(21-8-2-10-25-11-3-9-23-25)22-16-17-4-6-18(7-5-17)24-12-14-26-15-13-24/h3-7,9,11H,2,8,10,12-16H2,1H3,(H2,20,21,22). The molecule has 1 aromatic heterocycles. The number of hydrogen-bond donors (Lipinski definition) is 2. The topological polar surface area (TPSA) is 66.7 Å². The van der Waals surface area contributed by atoms with Crippen molar-refractivity contribution in [1.29, 1.82) is 0 Å². The molecule has 0 aliphatic carbocycles. The fourth-order valence-corrected chi connectivity index (χ4v) is 2.93. The first kappa shape index (κ1) is 18.3. The van der Waals surface area contributed by atoms with Gasteiger partial charge in [0.25, 0.3) is 0 Å². The van der Waals surface area contributed by atoms with E-state index in [1.807, 2.05) is 16.9 Å². The molecule has 2 N–H and O–H groups in total. The Morgan fingerprint density at radius 3 is 2.69 bits per heavy atom. The Kier molecular flexibility index (Phi) is 6.89. The molecule has 2 heterocycles. The zero-order valence-electron chi connectivity index (χ0n) is 15.4. The molecule has 1 aliphatic rings. The molecule has 1 aromatic carbocycles. The normalized spacial score (nSPS) is 15.1. The van der Waals surface area contributed by atoms with E-state index in [-0.39, 0.29) is 0 Å². The number of ether oxygens (including phenoxy) is 1. The Hall–Kier alpha value is -2.54. The van der Waals surface area contributed by atoms with E-state index in [1.54, 1.807) is 13.2 Å². The van der Waals surface area contributed by atoms with Crippen molar-refractivity contribution in [3.8, 4) is 0 Å². The lowest BCUT2D eigenvalue weighted by atomic mass is 10.2. The quantitative estimate of drug-likeness (QED) is 0.447. The molecule has 140 valence electrons. The highest BCUT2D eigenvalue weighted by atomic mass is 16.5. The number of nitrogens with one attached hydrogen (secondary N) is 2. The van der Waals surface area contributed by atoms with Crippen molar-refractivity contribution in [2.75, 3.05) is 44.8 Å². The van der Waals surface area contributed by atoms with Gasteiger partial charge in [-0.25, -0.2) is 0 Å². The van der Waals surface area contributed by atoms with Crippen LogP contribution in [0.2, 0.25) is 0 Å². The summed E-state index contributed by atoms with van der Waals surface area (Å²) in [7, 11) is 1.80. The summed E-state index contributed by atoms with van der Waals surface area (Å²) in [4.78, 5) is 6.64. The monoisotopic (exact) mass is 356 g/mol. The van der Waals surface area contributed by atoms with Crippen LogP contribution < -0.4 is 15.5 Å². The van der Waals surface area contributed by atoms with E-state index in [0.717, 1.165) is 58.3 Å². The molecule has 0 saturated carbocycles. The van der Waals surface area contributed by atoms with Crippen molar-refractivity contribution in [2.45, 2.75) is 19.5 Å². The number of hydrogen-bond acceptors (Lipinski definition) is 4.